The van der Waals surface area contributed by atoms with Gasteiger partial charge in [0.25, 0.3) is 0 Å². The number of hydrogen-bond acceptors (Lipinski definition) is 5. The number of ether oxygens (including phenoxy) is 1. The third-order valence-electron chi connectivity index (χ3n) is 4.34. The second kappa shape index (κ2) is 6.03. The molecule has 0 aromatic carbocycles. The minimum atomic E-state index is -0.564. The molecule has 8 nitrogen and oxygen atoms in total. The van der Waals surface area contributed by atoms with Crippen LogP contribution in [0.15, 0.2) is 36.9 Å². The van der Waals surface area contributed by atoms with Gasteiger partial charge < -0.3 is 9.64 Å². The summed E-state index contributed by atoms with van der Waals surface area (Å²) in [6.07, 6.45) is 7.70. The molecular weight excluding hydrogens is 320 g/mol. The van der Waals surface area contributed by atoms with E-state index in [9.17, 15) is 4.79 Å². The minimum absolute atomic E-state index is 0.153. The van der Waals surface area contributed by atoms with Crippen LogP contribution in [-0.4, -0.2) is 39.0 Å². The summed E-state index contributed by atoms with van der Waals surface area (Å²) < 4.78 is 8.58. The van der Waals surface area contributed by atoms with E-state index in [0.29, 0.717) is 19.6 Å². The summed E-state index contributed by atoms with van der Waals surface area (Å²) in [5.74, 6) is -0.717. The first-order chi connectivity index (χ1) is 12.2. The zero-order valence-electron chi connectivity index (χ0n) is 13.7. The minimum Gasteiger partial charge on any atom is -0.380 e. The van der Waals surface area contributed by atoms with Crippen molar-refractivity contribution < 1.29 is 9.53 Å². The second-order valence-corrected chi connectivity index (χ2v) is 5.93. The summed E-state index contributed by atoms with van der Waals surface area (Å²) in [6.45, 7) is 1.03. The predicted molar refractivity (Wildman–Crippen MR) is 89.1 cm³/mol. The van der Waals surface area contributed by atoms with Gasteiger partial charge in [0.05, 0.1) is 42.0 Å². The first-order valence-corrected chi connectivity index (χ1v) is 7.92. The van der Waals surface area contributed by atoms with Crippen molar-refractivity contribution in [3.63, 3.8) is 0 Å². The van der Waals surface area contributed by atoms with Crippen LogP contribution < -0.4 is 4.90 Å². The Morgan fingerprint density at radius 2 is 2.28 bits per heavy atom. The Hall–Kier alpha value is -3.18. The zero-order chi connectivity index (χ0) is 17.4. The van der Waals surface area contributed by atoms with E-state index >= 15 is 0 Å². The van der Waals surface area contributed by atoms with Gasteiger partial charge in [-0.2, -0.15) is 15.5 Å². The topological polar surface area (TPSA) is 88.5 Å². The SMILES string of the molecule is COCc1cnn(-c2cc3c(N4CCC(C#N)C4=O)ccnn3c2)c1. The Kier molecular flexibility index (Phi) is 3.71. The lowest BCUT2D eigenvalue weighted by atomic mass is 10.1. The Morgan fingerprint density at radius 3 is 3.04 bits per heavy atom. The summed E-state index contributed by atoms with van der Waals surface area (Å²) in [7, 11) is 1.64. The fourth-order valence-corrected chi connectivity index (χ4v) is 3.12. The molecule has 1 amide bonds. The number of rotatable bonds is 4. The molecule has 8 heteroatoms. The molecule has 0 aliphatic carbocycles. The number of carbonyl (C=O) groups excluding carboxylic acids is 1. The quantitative estimate of drug-likeness (QED) is 0.721. The molecule has 3 aromatic heterocycles. The summed E-state index contributed by atoms with van der Waals surface area (Å²) in [5.41, 5.74) is 3.37. The molecule has 1 fully saturated rings. The molecule has 0 saturated carbocycles. The summed E-state index contributed by atoms with van der Waals surface area (Å²) >= 11 is 0. The van der Waals surface area contributed by atoms with Crippen molar-refractivity contribution in [1.29, 1.82) is 5.26 Å². The van der Waals surface area contributed by atoms with Crippen LogP contribution in [0.2, 0.25) is 0 Å². The molecule has 3 aromatic rings. The van der Waals surface area contributed by atoms with Gasteiger partial charge in [-0.05, 0) is 18.6 Å². The molecule has 1 unspecified atom stereocenters. The smallest absolute Gasteiger partial charge is 0.244 e. The lowest BCUT2D eigenvalue weighted by molar-refractivity contribution is -0.118. The largest absolute Gasteiger partial charge is 0.380 e. The van der Waals surface area contributed by atoms with E-state index in [2.05, 4.69) is 16.3 Å². The Morgan fingerprint density at radius 1 is 1.40 bits per heavy atom. The van der Waals surface area contributed by atoms with Crippen molar-refractivity contribution in [2.24, 2.45) is 5.92 Å². The number of amides is 1. The first kappa shape index (κ1) is 15.4. The molecule has 1 aliphatic rings. The van der Waals surface area contributed by atoms with Gasteiger partial charge in [0.15, 0.2) is 0 Å². The maximum atomic E-state index is 12.4. The second-order valence-electron chi connectivity index (χ2n) is 5.93. The van der Waals surface area contributed by atoms with Crippen molar-refractivity contribution in [3.8, 4) is 11.8 Å². The van der Waals surface area contributed by atoms with Crippen LogP contribution in [0.4, 0.5) is 5.69 Å². The van der Waals surface area contributed by atoms with Gasteiger partial charge in [-0.1, -0.05) is 0 Å². The number of hydrogen-bond donors (Lipinski definition) is 0. The van der Waals surface area contributed by atoms with E-state index in [1.807, 2.05) is 18.5 Å². The highest BCUT2D eigenvalue weighted by Gasteiger charge is 2.33. The Bertz CT molecular complexity index is 983. The molecule has 0 bridgehead atoms. The third-order valence-corrected chi connectivity index (χ3v) is 4.34. The van der Waals surface area contributed by atoms with Crippen molar-refractivity contribution in [2.45, 2.75) is 13.0 Å². The molecule has 0 spiro atoms. The van der Waals surface area contributed by atoms with Gasteiger partial charge in [-0.3, -0.25) is 4.79 Å². The van der Waals surface area contributed by atoms with Crippen molar-refractivity contribution in [3.05, 3.63) is 42.5 Å². The van der Waals surface area contributed by atoms with Gasteiger partial charge in [0.1, 0.15) is 5.92 Å². The van der Waals surface area contributed by atoms with E-state index < -0.39 is 5.92 Å². The fraction of sp³-hybridized carbons (Fsp3) is 0.294. The number of methoxy groups -OCH3 is 1. The average Bonchev–Trinajstić information content (AvgIpc) is 3.32. The van der Waals surface area contributed by atoms with Gasteiger partial charge in [0, 0.05) is 31.6 Å². The van der Waals surface area contributed by atoms with Gasteiger partial charge in [0.2, 0.25) is 5.91 Å². The maximum Gasteiger partial charge on any atom is 0.244 e. The number of fused-ring (bicyclic) bond motifs is 1. The molecule has 4 rings (SSSR count). The van der Waals surface area contributed by atoms with Crippen LogP contribution in [0.1, 0.15) is 12.0 Å². The monoisotopic (exact) mass is 336 g/mol. The summed E-state index contributed by atoms with van der Waals surface area (Å²) in [5, 5.41) is 17.7. The number of carbonyl (C=O) groups is 1. The molecule has 4 heterocycles. The zero-order valence-corrected chi connectivity index (χ0v) is 13.7. The van der Waals surface area contributed by atoms with Gasteiger partial charge >= 0.3 is 0 Å². The van der Waals surface area contributed by atoms with E-state index in [1.54, 1.807) is 39.7 Å². The fourth-order valence-electron chi connectivity index (χ4n) is 3.12. The van der Waals surface area contributed by atoms with Gasteiger partial charge in [-0.25, -0.2) is 9.20 Å². The molecule has 1 saturated heterocycles. The maximum absolute atomic E-state index is 12.4. The third kappa shape index (κ3) is 2.55. The normalized spacial score (nSPS) is 17.4. The van der Waals surface area contributed by atoms with Crippen LogP contribution in [0, 0.1) is 17.2 Å². The van der Waals surface area contributed by atoms with E-state index in [-0.39, 0.29) is 5.91 Å². The molecule has 0 radical (unpaired) electrons. The predicted octanol–water partition coefficient (Wildman–Crippen LogP) is 1.54. The lowest BCUT2D eigenvalue weighted by Crippen LogP contribution is -2.27. The standard InChI is InChI=1S/C17H16N6O2/c1-25-11-12-8-20-22(9-12)14-6-16-15(2-4-19-23(16)10-14)21-5-3-13(7-18)17(21)24/h2,4,6,8-10,13H,3,5,11H2,1H3. The van der Waals surface area contributed by atoms with E-state index in [1.165, 1.54) is 0 Å². The van der Waals surface area contributed by atoms with Crippen LogP contribution in [0.5, 0.6) is 0 Å². The average molecular weight is 336 g/mol. The van der Waals surface area contributed by atoms with Crippen LogP contribution in [0.3, 0.4) is 0 Å². The number of anilines is 1. The molecule has 0 N–H and O–H groups in total. The van der Waals surface area contributed by atoms with Crippen molar-refractivity contribution in [1.82, 2.24) is 19.4 Å². The Balaban J connectivity index is 1.74. The molecule has 25 heavy (non-hydrogen) atoms. The molecule has 1 aliphatic heterocycles. The molecule has 126 valence electrons. The van der Waals surface area contributed by atoms with Crippen LogP contribution in [-0.2, 0) is 16.1 Å². The van der Waals surface area contributed by atoms with Crippen LogP contribution in [0.25, 0.3) is 11.2 Å². The first-order valence-electron chi connectivity index (χ1n) is 7.92. The van der Waals surface area contributed by atoms with Crippen LogP contribution >= 0.6 is 0 Å². The van der Waals surface area contributed by atoms with E-state index in [4.69, 9.17) is 10.00 Å². The lowest BCUT2D eigenvalue weighted by Gasteiger charge is -2.16. The highest BCUT2D eigenvalue weighted by Crippen LogP contribution is 2.29. The highest BCUT2D eigenvalue weighted by molar-refractivity contribution is 6.02. The van der Waals surface area contributed by atoms with Crippen molar-refractivity contribution >= 4 is 17.1 Å². The molecular formula is C17H16N6O2. The Labute approximate surface area is 143 Å². The highest BCUT2D eigenvalue weighted by atomic mass is 16.5. The van der Waals surface area contributed by atoms with Crippen molar-refractivity contribution in [2.75, 3.05) is 18.6 Å². The summed E-state index contributed by atoms with van der Waals surface area (Å²) in [6, 6.07) is 5.80. The number of aromatic nitrogens is 4. The van der Waals surface area contributed by atoms with E-state index in [0.717, 1.165) is 22.5 Å². The number of nitrogens with zero attached hydrogens (tertiary/aromatic N) is 6. The van der Waals surface area contributed by atoms with Gasteiger partial charge in [-0.15, -0.1) is 0 Å². The number of nitriles is 1. The molecule has 1 atom stereocenters. The summed E-state index contributed by atoms with van der Waals surface area (Å²) in [4.78, 5) is 14.0.